The molecule has 6 heteroatoms. The SMILES string of the molecule is CCCCN(C)C(=O)CC(=O)Nc1cccc(C(=O)OC)c1. The third-order valence-electron chi connectivity index (χ3n) is 3.15. The topological polar surface area (TPSA) is 75.7 Å². The number of esters is 1. The van der Waals surface area contributed by atoms with Crippen molar-refractivity contribution < 1.29 is 19.1 Å². The zero-order valence-electron chi connectivity index (χ0n) is 13.2. The Labute approximate surface area is 130 Å². The summed E-state index contributed by atoms with van der Waals surface area (Å²) in [5.41, 5.74) is 0.795. The Bertz CT molecular complexity index is 543. The first-order valence-electron chi connectivity index (χ1n) is 7.20. The van der Waals surface area contributed by atoms with Crippen LogP contribution >= 0.6 is 0 Å². The summed E-state index contributed by atoms with van der Waals surface area (Å²) in [6.45, 7) is 2.68. The molecule has 1 aromatic rings. The van der Waals surface area contributed by atoms with E-state index >= 15 is 0 Å². The molecule has 120 valence electrons. The van der Waals surface area contributed by atoms with Crippen LogP contribution in [-0.2, 0) is 14.3 Å². The largest absolute Gasteiger partial charge is 0.465 e. The molecule has 0 spiro atoms. The quantitative estimate of drug-likeness (QED) is 0.618. The molecule has 1 rings (SSSR count). The van der Waals surface area contributed by atoms with E-state index in [-0.39, 0.29) is 12.3 Å². The van der Waals surface area contributed by atoms with Crippen LogP contribution in [0.15, 0.2) is 24.3 Å². The van der Waals surface area contributed by atoms with Crippen LogP contribution in [-0.4, -0.2) is 43.4 Å². The van der Waals surface area contributed by atoms with Crippen molar-refractivity contribution in [2.45, 2.75) is 26.2 Å². The van der Waals surface area contributed by atoms with Gasteiger partial charge in [0.15, 0.2) is 0 Å². The van der Waals surface area contributed by atoms with E-state index in [1.165, 1.54) is 13.2 Å². The summed E-state index contributed by atoms with van der Waals surface area (Å²) in [6, 6.07) is 6.38. The molecule has 0 aliphatic heterocycles. The van der Waals surface area contributed by atoms with E-state index < -0.39 is 11.9 Å². The van der Waals surface area contributed by atoms with Gasteiger partial charge in [-0.05, 0) is 24.6 Å². The molecular weight excluding hydrogens is 284 g/mol. The predicted octanol–water partition coefficient (Wildman–Crippen LogP) is 2.06. The number of carbonyl (C=O) groups is 3. The van der Waals surface area contributed by atoms with Crippen LogP contribution in [0, 0.1) is 0 Å². The predicted molar refractivity (Wildman–Crippen MR) is 83.6 cm³/mol. The molecule has 0 unspecified atom stereocenters. The molecule has 0 fully saturated rings. The maximum Gasteiger partial charge on any atom is 0.337 e. The van der Waals surface area contributed by atoms with Gasteiger partial charge in [0.25, 0.3) is 0 Å². The van der Waals surface area contributed by atoms with Gasteiger partial charge >= 0.3 is 5.97 Å². The number of anilines is 1. The molecule has 1 aromatic carbocycles. The smallest absolute Gasteiger partial charge is 0.337 e. The number of rotatable bonds is 7. The first-order chi connectivity index (χ1) is 10.5. The number of hydrogen-bond donors (Lipinski definition) is 1. The second kappa shape index (κ2) is 8.81. The van der Waals surface area contributed by atoms with Crippen molar-refractivity contribution in [3.05, 3.63) is 29.8 Å². The Balaban J connectivity index is 2.58. The lowest BCUT2D eigenvalue weighted by Gasteiger charge is -2.16. The van der Waals surface area contributed by atoms with Crippen LogP contribution < -0.4 is 5.32 Å². The molecule has 2 amide bonds. The van der Waals surface area contributed by atoms with Crippen molar-refractivity contribution in [2.24, 2.45) is 0 Å². The van der Waals surface area contributed by atoms with Crippen molar-refractivity contribution in [2.75, 3.05) is 26.0 Å². The Morgan fingerprint density at radius 1 is 1.27 bits per heavy atom. The number of methoxy groups -OCH3 is 1. The summed E-state index contributed by atoms with van der Waals surface area (Å²) in [5, 5.41) is 2.61. The molecule has 0 saturated heterocycles. The maximum absolute atomic E-state index is 11.9. The van der Waals surface area contributed by atoms with E-state index in [1.54, 1.807) is 30.1 Å². The highest BCUT2D eigenvalue weighted by atomic mass is 16.5. The van der Waals surface area contributed by atoms with Gasteiger partial charge in [-0.15, -0.1) is 0 Å². The van der Waals surface area contributed by atoms with Gasteiger partial charge in [0.05, 0.1) is 12.7 Å². The zero-order chi connectivity index (χ0) is 16.5. The summed E-state index contributed by atoms with van der Waals surface area (Å²) in [5.74, 6) is -1.11. The minimum Gasteiger partial charge on any atom is -0.465 e. The van der Waals surface area contributed by atoms with Gasteiger partial charge in [-0.2, -0.15) is 0 Å². The number of amides is 2. The van der Waals surface area contributed by atoms with E-state index in [0.29, 0.717) is 17.8 Å². The van der Waals surface area contributed by atoms with E-state index in [0.717, 1.165) is 12.8 Å². The van der Waals surface area contributed by atoms with Crippen molar-refractivity contribution in [1.29, 1.82) is 0 Å². The lowest BCUT2D eigenvalue weighted by Crippen LogP contribution is -2.31. The highest BCUT2D eigenvalue weighted by molar-refractivity contribution is 6.04. The molecule has 0 heterocycles. The lowest BCUT2D eigenvalue weighted by atomic mass is 10.2. The van der Waals surface area contributed by atoms with Crippen LogP contribution in [0.5, 0.6) is 0 Å². The van der Waals surface area contributed by atoms with Gasteiger partial charge in [0.2, 0.25) is 11.8 Å². The fourth-order valence-corrected chi connectivity index (χ4v) is 1.84. The molecule has 0 bridgehead atoms. The number of nitrogens with zero attached hydrogens (tertiary/aromatic N) is 1. The first kappa shape index (κ1) is 17.7. The highest BCUT2D eigenvalue weighted by Crippen LogP contribution is 2.12. The number of nitrogens with one attached hydrogen (secondary N) is 1. The summed E-state index contributed by atoms with van der Waals surface area (Å²) >= 11 is 0. The number of ether oxygens (including phenoxy) is 1. The maximum atomic E-state index is 11.9. The highest BCUT2D eigenvalue weighted by Gasteiger charge is 2.14. The second-order valence-corrected chi connectivity index (χ2v) is 4.97. The molecule has 6 nitrogen and oxygen atoms in total. The molecule has 0 saturated carbocycles. The van der Waals surface area contributed by atoms with Crippen molar-refractivity contribution in [3.8, 4) is 0 Å². The molecule has 1 N–H and O–H groups in total. The molecular formula is C16H22N2O4. The van der Waals surface area contributed by atoms with E-state index in [4.69, 9.17) is 0 Å². The monoisotopic (exact) mass is 306 g/mol. The Morgan fingerprint density at radius 2 is 2.00 bits per heavy atom. The lowest BCUT2D eigenvalue weighted by molar-refractivity contribution is -0.133. The fourth-order valence-electron chi connectivity index (χ4n) is 1.84. The fraction of sp³-hybridized carbons (Fsp3) is 0.438. The van der Waals surface area contributed by atoms with E-state index in [1.807, 2.05) is 6.92 Å². The summed E-state index contributed by atoms with van der Waals surface area (Å²) in [6.07, 6.45) is 1.68. The van der Waals surface area contributed by atoms with Crippen molar-refractivity contribution in [1.82, 2.24) is 4.90 Å². The average molecular weight is 306 g/mol. The Kier molecular flexibility index (Phi) is 7.08. The van der Waals surface area contributed by atoms with E-state index in [9.17, 15) is 14.4 Å². The first-order valence-corrected chi connectivity index (χ1v) is 7.20. The Hall–Kier alpha value is -2.37. The van der Waals surface area contributed by atoms with Crippen molar-refractivity contribution >= 4 is 23.5 Å². The van der Waals surface area contributed by atoms with E-state index in [2.05, 4.69) is 10.1 Å². The van der Waals surface area contributed by atoms with Crippen LogP contribution in [0.25, 0.3) is 0 Å². The van der Waals surface area contributed by atoms with Gasteiger partial charge < -0.3 is 15.0 Å². The number of benzene rings is 1. The molecule has 0 aromatic heterocycles. The van der Waals surface area contributed by atoms with Crippen LogP contribution in [0.3, 0.4) is 0 Å². The van der Waals surface area contributed by atoms with Gasteiger partial charge in [-0.1, -0.05) is 19.4 Å². The second-order valence-electron chi connectivity index (χ2n) is 4.97. The van der Waals surface area contributed by atoms with Crippen LogP contribution in [0.1, 0.15) is 36.5 Å². The standard InChI is InChI=1S/C16H22N2O4/c1-4-5-9-18(2)15(20)11-14(19)17-13-8-6-7-12(10-13)16(21)22-3/h6-8,10H,4-5,9,11H2,1-3H3,(H,17,19). The number of unbranched alkanes of at least 4 members (excludes halogenated alkanes) is 1. The van der Waals surface area contributed by atoms with Gasteiger partial charge in [-0.25, -0.2) is 4.79 Å². The molecule has 0 radical (unpaired) electrons. The molecule has 0 aliphatic carbocycles. The third-order valence-corrected chi connectivity index (χ3v) is 3.15. The minimum atomic E-state index is -0.480. The number of hydrogen-bond acceptors (Lipinski definition) is 4. The number of carbonyl (C=O) groups excluding carboxylic acids is 3. The van der Waals surface area contributed by atoms with Gasteiger partial charge in [-0.3, -0.25) is 9.59 Å². The summed E-state index contributed by atoms with van der Waals surface area (Å²) in [4.78, 5) is 36.7. The van der Waals surface area contributed by atoms with Crippen LogP contribution in [0.4, 0.5) is 5.69 Å². The van der Waals surface area contributed by atoms with Crippen molar-refractivity contribution in [3.63, 3.8) is 0 Å². The minimum absolute atomic E-state index is 0.220. The van der Waals surface area contributed by atoms with Crippen LogP contribution in [0.2, 0.25) is 0 Å². The summed E-state index contributed by atoms with van der Waals surface area (Å²) in [7, 11) is 2.97. The molecule has 0 atom stereocenters. The normalized spacial score (nSPS) is 9.95. The van der Waals surface area contributed by atoms with Gasteiger partial charge in [0.1, 0.15) is 6.42 Å². The molecule has 22 heavy (non-hydrogen) atoms. The average Bonchev–Trinajstić information content (AvgIpc) is 2.51. The van der Waals surface area contributed by atoms with Gasteiger partial charge in [0, 0.05) is 19.3 Å². The zero-order valence-corrected chi connectivity index (χ0v) is 13.2. The molecule has 0 aliphatic rings. The summed E-state index contributed by atoms with van der Waals surface area (Å²) < 4.78 is 4.62. The Morgan fingerprint density at radius 3 is 2.64 bits per heavy atom. The third kappa shape index (κ3) is 5.55.